The van der Waals surface area contributed by atoms with Crippen molar-refractivity contribution in [2.24, 2.45) is 0 Å². The van der Waals surface area contributed by atoms with Crippen molar-refractivity contribution in [2.75, 3.05) is 6.61 Å². The number of nitrogens with one attached hydrogen (secondary N) is 1. The molecule has 2 aromatic rings. The molecule has 1 aliphatic heterocycles. The fraction of sp³-hybridized carbons (Fsp3) is 0.333. The molecule has 1 saturated heterocycles. The summed E-state index contributed by atoms with van der Waals surface area (Å²) in [6.45, 7) is -1.13. The van der Waals surface area contributed by atoms with Gasteiger partial charge in [0.25, 0.3) is 5.56 Å². The molecular formula is C15H20N2Na4O18P4. The molecule has 4 unspecified atom stereocenters. The maximum Gasteiger partial charge on any atom is 0.536 e. The molecule has 43 heavy (non-hydrogen) atoms. The third-order valence-electron chi connectivity index (χ3n) is 4.45. The van der Waals surface area contributed by atoms with Crippen LogP contribution in [0.5, 0.6) is 5.75 Å². The summed E-state index contributed by atoms with van der Waals surface area (Å²) in [4.78, 5) is 63.4. The van der Waals surface area contributed by atoms with E-state index in [4.69, 9.17) is 4.74 Å². The average Bonchev–Trinajstić information content (AvgIpc) is 3.04. The molecule has 7 N–H and O–H groups in total. The van der Waals surface area contributed by atoms with Crippen molar-refractivity contribution < 1.29 is 74.8 Å². The number of H-pyrrole nitrogens is 1. The number of para-hydroxylation sites is 1. The van der Waals surface area contributed by atoms with Gasteiger partial charge in [-0.3, -0.25) is 23.8 Å². The summed E-state index contributed by atoms with van der Waals surface area (Å²) in [5.41, 5.74) is -1.81. The molecule has 0 spiro atoms. The molecule has 4 radical (unpaired) electrons. The summed E-state index contributed by atoms with van der Waals surface area (Å²) in [5.74, 6) is -0.311. The van der Waals surface area contributed by atoms with Gasteiger partial charge in [-0.2, -0.15) is 12.9 Å². The summed E-state index contributed by atoms with van der Waals surface area (Å²) in [7, 11) is -23.2. The van der Waals surface area contributed by atoms with E-state index in [9.17, 15) is 57.6 Å². The van der Waals surface area contributed by atoms with E-state index in [0.29, 0.717) is 4.57 Å². The van der Waals surface area contributed by atoms with Gasteiger partial charge >= 0.3 is 37.0 Å². The molecule has 8 atom stereocenters. The van der Waals surface area contributed by atoms with Crippen LogP contribution < -0.4 is 15.8 Å². The van der Waals surface area contributed by atoms with Crippen LogP contribution in [-0.4, -0.2) is 182 Å². The van der Waals surface area contributed by atoms with Crippen molar-refractivity contribution in [2.45, 2.75) is 24.5 Å². The van der Waals surface area contributed by atoms with Crippen LogP contribution in [0.15, 0.2) is 52.2 Å². The van der Waals surface area contributed by atoms with Crippen molar-refractivity contribution in [1.29, 1.82) is 0 Å². The van der Waals surface area contributed by atoms with Gasteiger partial charge < -0.3 is 34.2 Å². The van der Waals surface area contributed by atoms with Crippen molar-refractivity contribution in [3.05, 3.63) is 63.4 Å². The molecule has 1 aromatic carbocycles. The zero-order valence-corrected chi connectivity index (χ0v) is 34.5. The van der Waals surface area contributed by atoms with Gasteiger partial charge in [-0.05, 0) is 12.1 Å². The van der Waals surface area contributed by atoms with Gasteiger partial charge in [0.05, 0.1) is 6.61 Å². The Morgan fingerprint density at radius 1 is 0.767 bits per heavy atom. The molecule has 0 bridgehead atoms. The fourth-order valence-electron chi connectivity index (χ4n) is 2.97. The second-order valence-electron chi connectivity index (χ2n) is 7.38. The van der Waals surface area contributed by atoms with Gasteiger partial charge in [0, 0.05) is 130 Å². The summed E-state index contributed by atoms with van der Waals surface area (Å²) in [6.07, 6.45) is -6.02. The van der Waals surface area contributed by atoms with Crippen LogP contribution in [0.1, 0.15) is 6.23 Å². The third-order valence-corrected chi connectivity index (χ3v) is 10.3. The Morgan fingerprint density at radius 3 is 1.81 bits per heavy atom. The number of rotatable bonds is 12. The average molecular weight is 732 g/mol. The Hall–Kier alpha value is 2.18. The Kier molecular flexibility index (Phi) is 21.3. The third kappa shape index (κ3) is 15.1. The molecule has 0 aliphatic carbocycles. The van der Waals surface area contributed by atoms with E-state index in [1.54, 1.807) is 0 Å². The molecular weight excluding hydrogens is 712 g/mol. The minimum Gasteiger partial charge on any atom is -0.404 e. The Bertz CT molecular complexity index is 1500. The monoisotopic (exact) mass is 732 g/mol. The van der Waals surface area contributed by atoms with Gasteiger partial charge in [-0.25, -0.2) is 23.1 Å². The first-order valence-electron chi connectivity index (χ1n) is 10.1. The van der Waals surface area contributed by atoms with E-state index in [1.807, 2.05) is 4.98 Å². The van der Waals surface area contributed by atoms with E-state index >= 15 is 0 Å². The van der Waals surface area contributed by atoms with Crippen molar-refractivity contribution in [3.63, 3.8) is 0 Å². The second kappa shape index (κ2) is 19.4. The van der Waals surface area contributed by atoms with Crippen LogP contribution in [0.4, 0.5) is 0 Å². The normalized spacial score (nSPS) is 25.0. The van der Waals surface area contributed by atoms with Crippen molar-refractivity contribution in [3.8, 4) is 5.75 Å². The number of phosphoric ester groups is 2. The number of aliphatic hydroxyl groups is 2. The molecule has 2 heterocycles. The number of aromatic nitrogens is 2. The Morgan fingerprint density at radius 2 is 1.28 bits per heavy atom. The summed E-state index contributed by atoms with van der Waals surface area (Å²) in [5, 5.41) is 20.2. The molecule has 0 saturated carbocycles. The summed E-state index contributed by atoms with van der Waals surface area (Å²) in [6, 6.07) is 7.42. The van der Waals surface area contributed by atoms with Crippen LogP contribution in [-0.2, 0) is 40.5 Å². The topological polar surface area (TPSA) is 300 Å². The first kappa shape index (κ1) is 47.3. The molecule has 0 amide bonds. The van der Waals surface area contributed by atoms with Crippen LogP contribution in [0.25, 0.3) is 0 Å². The molecule has 3 rings (SSSR count). The molecule has 28 heteroatoms. The van der Waals surface area contributed by atoms with Crippen LogP contribution in [0.2, 0.25) is 0 Å². The Labute approximate surface area is 330 Å². The van der Waals surface area contributed by atoms with E-state index in [2.05, 4.69) is 22.0 Å². The first-order chi connectivity index (χ1) is 17.9. The Balaban J connectivity index is 0. The van der Waals surface area contributed by atoms with E-state index in [-0.39, 0.29) is 124 Å². The number of nitrogens with zero attached hydrogens (tertiary/aromatic N) is 1. The van der Waals surface area contributed by atoms with Gasteiger partial charge in [0.15, 0.2) is 6.23 Å². The molecule has 20 nitrogen and oxygen atoms in total. The number of ether oxygens (including phenoxy) is 1. The van der Waals surface area contributed by atoms with E-state index in [0.717, 1.165) is 24.4 Å². The van der Waals surface area contributed by atoms with E-state index < -0.39 is 73.7 Å². The van der Waals surface area contributed by atoms with Gasteiger partial charge in [-0.15, -0.1) is 0 Å². The number of hydrogen-bond donors (Lipinski definition) is 7. The number of aromatic amines is 1. The molecule has 1 fully saturated rings. The maximum atomic E-state index is 12.1. The van der Waals surface area contributed by atoms with Crippen LogP contribution in [0.3, 0.4) is 0 Å². The number of benzene rings is 1. The molecule has 1 aromatic heterocycles. The standard InChI is InChI=1S/C15H20N2O18P4.4Na/c18-11-6-7-17(15(21)16-11)14-13(20)12(19)10(31-14)8-30-36(22,23)33-38(26,27)35-39(28,29)34-37(24,25)32-9-4-2-1-3-5-9;;;;/h1-7,10,12-14,19-20H,8H2,(H,22,23)(H,24,25)(H,26,27)(H,28,29)(H,16,18,21);;;;/t10-,12-,13-,14-;;;;/m1..../s1. The van der Waals surface area contributed by atoms with Gasteiger partial charge in [0.2, 0.25) is 0 Å². The van der Waals surface area contributed by atoms with Crippen LogP contribution >= 0.6 is 31.3 Å². The van der Waals surface area contributed by atoms with Crippen molar-refractivity contribution in [1.82, 2.24) is 9.55 Å². The van der Waals surface area contributed by atoms with Gasteiger partial charge in [-0.1, -0.05) is 18.2 Å². The SMILES string of the molecule is O=c1ccn([C@@H]2O[C@H](COP(=O)(O)OP(=O)(O)OP(=O)(O)OP(=O)(O)Oc3ccccc3)[C@@H](O)[C@H]2O)c(=O)[nH]1.[Na].[Na].[Na].[Na]. The van der Waals surface area contributed by atoms with E-state index in [1.165, 1.54) is 18.2 Å². The molecule has 222 valence electrons. The fourth-order valence-corrected chi connectivity index (χ4v) is 7.92. The predicted octanol–water partition coefficient (Wildman–Crippen LogP) is -1.82. The zero-order chi connectivity index (χ0) is 29.2. The number of aliphatic hydroxyl groups excluding tert-OH is 2. The smallest absolute Gasteiger partial charge is 0.404 e. The maximum absolute atomic E-state index is 12.1. The van der Waals surface area contributed by atoms with Crippen molar-refractivity contribution >= 4 is 150 Å². The quantitative estimate of drug-likeness (QED) is 0.0933. The minimum atomic E-state index is -6.06. The van der Waals surface area contributed by atoms with Gasteiger partial charge in [0.1, 0.15) is 24.1 Å². The van der Waals surface area contributed by atoms with Crippen LogP contribution in [0, 0.1) is 0 Å². The number of phosphoric acid groups is 4. The largest absolute Gasteiger partial charge is 0.536 e. The minimum absolute atomic E-state index is 0. The first-order valence-corrected chi connectivity index (χ1v) is 16.0. The molecule has 1 aliphatic rings. The predicted molar refractivity (Wildman–Crippen MR) is 146 cm³/mol. The second-order valence-corrected chi connectivity index (χ2v) is 13.5. The summed E-state index contributed by atoms with van der Waals surface area (Å²) < 4.78 is 74.0. The number of hydrogen-bond acceptors (Lipinski definition) is 14. The zero-order valence-electron chi connectivity index (χ0n) is 22.9. The summed E-state index contributed by atoms with van der Waals surface area (Å²) >= 11 is 0.